The normalized spacial score (nSPS) is 12.3. The maximum Gasteiger partial charge on any atom is 0.337 e. The van der Waals surface area contributed by atoms with Gasteiger partial charge in [-0.25, -0.2) is 4.79 Å². The average molecular weight is 387 g/mol. The van der Waals surface area contributed by atoms with E-state index in [1.807, 2.05) is 0 Å². The summed E-state index contributed by atoms with van der Waals surface area (Å²) in [5, 5.41) is 17.7. The van der Waals surface area contributed by atoms with Crippen molar-refractivity contribution in [3.05, 3.63) is 0 Å². The number of aliphatic hydroxyl groups is 2. The first-order chi connectivity index (χ1) is 13.2. The Labute approximate surface area is 168 Å². The van der Waals surface area contributed by atoms with Crippen LogP contribution in [0, 0.1) is 0 Å². The molecule has 0 fully saturated rings. The molecule has 0 aliphatic rings. The van der Waals surface area contributed by atoms with Crippen molar-refractivity contribution < 1.29 is 19.7 Å². The quantitative estimate of drug-likeness (QED) is 0.190. The number of esters is 1. The summed E-state index contributed by atoms with van der Waals surface area (Å²) in [4.78, 5) is 11.1. The predicted octanol–water partition coefficient (Wildman–Crippen LogP) is 5.92. The highest BCUT2D eigenvalue weighted by atomic mass is 16.5. The number of hydrogen-bond acceptors (Lipinski definition) is 4. The first-order valence-electron chi connectivity index (χ1n) is 11.7. The van der Waals surface area contributed by atoms with E-state index in [0.29, 0.717) is 6.61 Å². The van der Waals surface area contributed by atoms with Gasteiger partial charge in [0.2, 0.25) is 0 Å². The molecule has 1 atom stereocenters. The van der Waals surface area contributed by atoms with Crippen molar-refractivity contribution in [1.82, 2.24) is 0 Å². The van der Waals surface area contributed by atoms with Crippen molar-refractivity contribution in [2.75, 3.05) is 13.2 Å². The molecule has 162 valence electrons. The van der Waals surface area contributed by atoms with Crippen LogP contribution in [0.4, 0.5) is 0 Å². The molecule has 0 saturated carbocycles. The molecule has 0 rings (SSSR count). The molecule has 0 radical (unpaired) electrons. The lowest BCUT2D eigenvalue weighted by atomic mass is 10.0. The van der Waals surface area contributed by atoms with E-state index in [0.717, 1.165) is 12.8 Å². The summed E-state index contributed by atoms with van der Waals surface area (Å²) in [6.45, 7) is 2.05. The molecule has 0 aromatic heterocycles. The van der Waals surface area contributed by atoms with Crippen molar-refractivity contribution >= 4 is 5.97 Å². The van der Waals surface area contributed by atoms with Gasteiger partial charge >= 0.3 is 5.97 Å². The summed E-state index contributed by atoms with van der Waals surface area (Å²) >= 11 is 0. The fraction of sp³-hybridized carbons (Fsp3) is 0.957. The van der Waals surface area contributed by atoms with Crippen LogP contribution in [0.5, 0.6) is 0 Å². The Morgan fingerprint density at radius 3 is 1.33 bits per heavy atom. The van der Waals surface area contributed by atoms with E-state index < -0.39 is 18.7 Å². The second-order valence-electron chi connectivity index (χ2n) is 7.88. The van der Waals surface area contributed by atoms with Gasteiger partial charge in [-0.3, -0.25) is 0 Å². The SMILES string of the molecule is CCCCCCCCCCCCCCCCCCCCOC(=O)C(O)CO. The summed E-state index contributed by atoms with van der Waals surface area (Å²) in [5.74, 6) is -0.718. The van der Waals surface area contributed by atoms with E-state index in [9.17, 15) is 4.79 Å². The van der Waals surface area contributed by atoms with Gasteiger partial charge in [-0.15, -0.1) is 0 Å². The van der Waals surface area contributed by atoms with Crippen molar-refractivity contribution in [2.45, 2.75) is 129 Å². The highest BCUT2D eigenvalue weighted by Gasteiger charge is 2.14. The fourth-order valence-electron chi connectivity index (χ4n) is 3.35. The molecule has 2 N–H and O–H groups in total. The molecule has 4 heteroatoms. The minimum atomic E-state index is -1.39. The standard InChI is InChI=1S/C23H46O4/c1-2-3-4-5-6-7-8-9-10-11-12-13-14-15-16-17-18-19-20-27-23(26)22(25)21-24/h22,24-25H,2-21H2,1H3. The van der Waals surface area contributed by atoms with E-state index in [2.05, 4.69) is 6.92 Å². The minimum Gasteiger partial charge on any atom is -0.464 e. The minimum absolute atomic E-state index is 0.342. The molecule has 4 nitrogen and oxygen atoms in total. The van der Waals surface area contributed by atoms with Crippen LogP contribution in [0.15, 0.2) is 0 Å². The van der Waals surface area contributed by atoms with Crippen molar-refractivity contribution in [1.29, 1.82) is 0 Å². The van der Waals surface area contributed by atoms with Gasteiger partial charge in [0, 0.05) is 0 Å². The molecule has 1 unspecified atom stereocenters. The Kier molecular flexibility index (Phi) is 21.2. The van der Waals surface area contributed by atoms with E-state index in [1.165, 1.54) is 103 Å². The lowest BCUT2D eigenvalue weighted by Gasteiger charge is -2.07. The molecular formula is C23H46O4. The third-order valence-electron chi connectivity index (χ3n) is 5.19. The first kappa shape index (κ1) is 26.4. The van der Waals surface area contributed by atoms with E-state index in [-0.39, 0.29) is 0 Å². The Morgan fingerprint density at radius 2 is 1.00 bits per heavy atom. The van der Waals surface area contributed by atoms with Gasteiger partial charge in [-0.2, -0.15) is 0 Å². The summed E-state index contributed by atoms with van der Waals surface area (Å²) in [6.07, 6.45) is 22.5. The van der Waals surface area contributed by atoms with Crippen molar-refractivity contribution in [2.24, 2.45) is 0 Å². The number of aliphatic hydroxyl groups excluding tert-OH is 2. The molecule has 0 bridgehead atoms. The molecule has 0 saturated heterocycles. The Bertz CT molecular complexity index is 307. The molecule has 0 aliphatic heterocycles. The summed E-state index contributed by atoms with van der Waals surface area (Å²) in [7, 11) is 0. The number of ether oxygens (including phenoxy) is 1. The van der Waals surface area contributed by atoms with Gasteiger partial charge in [0.15, 0.2) is 6.10 Å². The maximum atomic E-state index is 11.1. The van der Waals surface area contributed by atoms with Crippen LogP contribution < -0.4 is 0 Å². The first-order valence-corrected chi connectivity index (χ1v) is 11.7. The number of rotatable bonds is 21. The highest BCUT2D eigenvalue weighted by Crippen LogP contribution is 2.14. The molecule has 27 heavy (non-hydrogen) atoms. The lowest BCUT2D eigenvalue weighted by Crippen LogP contribution is -2.26. The second-order valence-corrected chi connectivity index (χ2v) is 7.88. The maximum absolute atomic E-state index is 11.1. The molecule has 0 amide bonds. The van der Waals surface area contributed by atoms with E-state index >= 15 is 0 Å². The smallest absolute Gasteiger partial charge is 0.337 e. The molecule has 0 aromatic carbocycles. The zero-order valence-corrected chi connectivity index (χ0v) is 17.9. The van der Waals surface area contributed by atoms with Crippen LogP contribution in [-0.4, -0.2) is 35.5 Å². The summed E-state index contributed by atoms with van der Waals surface area (Å²) in [5.41, 5.74) is 0. The van der Waals surface area contributed by atoms with E-state index in [4.69, 9.17) is 14.9 Å². The van der Waals surface area contributed by atoms with Crippen LogP contribution >= 0.6 is 0 Å². The number of carbonyl (C=O) groups is 1. The summed E-state index contributed by atoms with van der Waals surface area (Å²) < 4.78 is 4.87. The second kappa shape index (κ2) is 21.7. The molecule has 0 aromatic rings. The molecule has 0 heterocycles. The topological polar surface area (TPSA) is 66.8 Å². The predicted molar refractivity (Wildman–Crippen MR) is 113 cm³/mol. The zero-order chi connectivity index (χ0) is 20.0. The van der Waals surface area contributed by atoms with Crippen LogP contribution in [0.3, 0.4) is 0 Å². The van der Waals surface area contributed by atoms with Gasteiger partial charge in [-0.05, 0) is 6.42 Å². The number of hydrogen-bond donors (Lipinski definition) is 2. The fourth-order valence-corrected chi connectivity index (χ4v) is 3.35. The van der Waals surface area contributed by atoms with Crippen LogP contribution in [0.25, 0.3) is 0 Å². The third kappa shape index (κ3) is 19.9. The average Bonchev–Trinajstić information content (AvgIpc) is 2.68. The number of unbranched alkanes of at least 4 members (excludes halogenated alkanes) is 17. The van der Waals surface area contributed by atoms with Gasteiger partial charge < -0.3 is 14.9 Å². The van der Waals surface area contributed by atoms with Gasteiger partial charge in [0.05, 0.1) is 13.2 Å². The third-order valence-corrected chi connectivity index (χ3v) is 5.19. The van der Waals surface area contributed by atoms with Crippen molar-refractivity contribution in [3.8, 4) is 0 Å². The van der Waals surface area contributed by atoms with Crippen LogP contribution in [-0.2, 0) is 9.53 Å². The van der Waals surface area contributed by atoms with Crippen molar-refractivity contribution in [3.63, 3.8) is 0 Å². The van der Waals surface area contributed by atoms with E-state index in [1.54, 1.807) is 0 Å². The Hall–Kier alpha value is -0.610. The monoisotopic (exact) mass is 386 g/mol. The van der Waals surface area contributed by atoms with Crippen LogP contribution in [0.2, 0.25) is 0 Å². The molecule has 0 aliphatic carbocycles. The Morgan fingerprint density at radius 1 is 0.667 bits per heavy atom. The highest BCUT2D eigenvalue weighted by molar-refractivity contribution is 5.74. The zero-order valence-electron chi connectivity index (χ0n) is 17.9. The van der Waals surface area contributed by atoms with Crippen LogP contribution in [0.1, 0.15) is 122 Å². The van der Waals surface area contributed by atoms with Gasteiger partial charge in [0.25, 0.3) is 0 Å². The van der Waals surface area contributed by atoms with Gasteiger partial charge in [-0.1, -0.05) is 116 Å². The largest absolute Gasteiger partial charge is 0.464 e. The molecule has 0 spiro atoms. The summed E-state index contributed by atoms with van der Waals surface area (Å²) in [6, 6.07) is 0. The Balaban J connectivity index is 3.08. The lowest BCUT2D eigenvalue weighted by molar-refractivity contribution is -0.155. The molecular weight excluding hydrogens is 340 g/mol. The van der Waals surface area contributed by atoms with Gasteiger partial charge in [0.1, 0.15) is 0 Å². The number of carbonyl (C=O) groups excluding carboxylic acids is 1.